The van der Waals surface area contributed by atoms with E-state index in [2.05, 4.69) is 12.6 Å². The largest absolute Gasteiger partial charge is 0.506 e. The fourth-order valence-corrected chi connectivity index (χ4v) is 1.47. The van der Waals surface area contributed by atoms with Crippen molar-refractivity contribution >= 4 is 18.6 Å². The molecular weight excluding hydrogens is 226 g/mol. The minimum Gasteiger partial charge on any atom is -0.506 e. The van der Waals surface area contributed by atoms with Crippen LogP contribution in [0, 0.1) is 11.3 Å². The molecule has 1 rings (SSSR count). The highest BCUT2D eigenvalue weighted by molar-refractivity contribution is 7.80. The second kappa shape index (κ2) is 5.42. The summed E-state index contributed by atoms with van der Waals surface area (Å²) in [6.45, 7) is 1.99. The number of carbonyl (C=O) groups is 1. The fraction of sp³-hybridized carbons (Fsp3) is 0.273. The molecule has 0 amide bonds. The molecule has 0 unspecified atom stereocenters. The van der Waals surface area contributed by atoms with Gasteiger partial charge in [-0.25, -0.2) is 0 Å². The lowest BCUT2D eigenvalue weighted by molar-refractivity contribution is -0.142. The summed E-state index contributed by atoms with van der Waals surface area (Å²) in [5.41, 5.74) is 0.443. The maximum absolute atomic E-state index is 11.2. The third-order valence-corrected chi connectivity index (χ3v) is 2.36. The zero-order chi connectivity index (χ0) is 12.1. The van der Waals surface area contributed by atoms with Gasteiger partial charge in [0.1, 0.15) is 17.4 Å². The van der Waals surface area contributed by atoms with Gasteiger partial charge in [-0.05, 0) is 13.0 Å². The van der Waals surface area contributed by atoms with E-state index in [1.807, 2.05) is 6.07 Å². The summed E-state index contributed by atoms with van der Waals surface area (Å²) in [5.74, 6) is -0.642. The number of hydrogen-bond donors (Lipinski definition) is 2. The minimum absolute atomic E-state index is 0.0532. The summed E-state index contributed by atoms with van der Waals surface area (Å²) in [5, 5.41) is 18.5. The lowest BCUT2D eigenvalue weighted by Gasteiger charge is -2.07. The molecule has 0 aromatic heterocycles. The summed E-state index contributed by atoms with van der Waals surface area (Å²) < 4.78 is 4.75. The first-order valence-corrected chi connectivity index (χ1v) is 5.14. The first-order valence-electron chi connectivity index (χ1n) is 4.69. The number of aromatic hydroxyl groups is 1. The van der Waals surface area contributed by atoms with Crippen LogP contribution < -0.4 is 0 Å². The number of esters is 1. The fourth-order valence-electron chi connectivity index (χ4n) is 1.24. The summed E-state index contributed by atoms with van der Waals surface area (Å²) in [6, 6.07) is 4.95. The zero-order valence-electron chi connectivity index (χ0n) is 8.73. The second-order valence-electron chi connectivity index (χ2n) is 3.06. The van der Waals surface area contributed by atoms with E-state index >= 15 is 0 Å². The van der Waals surface area contributed by atoms with E-state index in [4.69, 9.17) is 10.00 Å². The van der Waals surface area contributed by atoms with Gasteiger partial charge in [0.05, 0.1) is 13.0 Å². The molecule has 0 heterocycles. The van der Waals surface area contributed by atoms with E-state index in [-0.39, 0.29) is 24.3 Å². The van der Waals surface area contributed by atoms with Crippen molar-refractivity contribution in [1.82, 2.24) is 0 Å². The molecule has 0 saturated heterocycles. The average molecular weight is 237 g/mol. The minimum atomic E-state index is -0.436. The van der Waals surface area contributed by atoms with Gasteiger partial charge in [-0.3, -0.25) is 4.79 Å². The number of benzene rings is 1. The molecule has 0 saturated carbocycles. The molecule has 1 N–H and O–H groups in total. The number of rotatable bonds is 3. The number of hydrogen-bond acceptors (Lipinski definition) is 5. The number of nitriles is 1. The summed E-state index contributed by atoms with van der Waals surface area (Å²) in [7, 11) is 0. The van der Waals surface area contributed by atoms with Crippen LogP contribution >= 0.6 is 12.6 Å². The number of nitrogens with zero attached hydrogens (tertiary/aromatic N) is 1. The third-order valence-electron chi connectivity index (χ3n) is 1.99. The lowest BCUT2D eigenvalue weighted by Crippen LogP contribution is -2.08. The monoisotopic (exact) mass is 237 g/mol. The Balaban J connectivity index is 2.99. The quantitative estimate of drug-likeness (QED) is 0.619. The molecule has 0 bridgehead atoms. The van der Waals surface area contributed by atoms with Crippen LogP contribution in [0.4, 0.5) is 0 Å². The first kappa shape index (κ1) is 12.4. The van der Waals surface area contributed by atoms with E-state index < -0.39 is 5.97 Å². The van der Waals surface area contributed by atoms with E-state index in [1.165, 1.54) is 0 Å². The van der Waals surface area contributed by atoms with Crippen LogP contribution in [-0.4, -0.2) is 17.7 Å². The Bertz CT molecular complexity index is 451. The van der Waals surface area contributed by atoms with Gasteiger partial charge >= 0.3 is 5.97 Å². The van der Waals surface area contributed by atoms with Crippen molar-refractivity contribution in [1.29, 1.82) is 5.26 Å². The Morgan fingerprint density at radius 1 is 1.62 bits per heavy atom. The Hall–Kier alpha value is -1.67. The summed E-state index contributed by atoms with van der Waals surface area (Å²) in [4.78, 5) is 11.6. The Morgan fingerprint density at radius 3 is 2.88 bits per heavy atom. The van der Waals surface area contributed by atoms with Crippen LogP contribution in [0.2, 0.25) is 0 Å². The molecule has 1 aromatic rings. The first-order chi connectivity index (χ1) is 7.60. The highest BCUT2D eigenvalue weighted by atomic mass is 32.1. The molecule has 4 nitrogen and oxygen atoms in total. The van der Waals surface area contributed by atoms with Gasteiger partial charge in [0.25, 0.3) is 0 Å². The van der Waals surface area contributed by atoms with Crippen molar-refractivity contribution < 1.29 is 14.6 Å². The number of carbonyl (C=O) groups excluding carboxylic acids is 1. The molecule has 84 valence electrons. The second-order valence-corrected chi connectivity index (χ2v) is 3.54. The highest BCUT2D eigenvalue weighted by Gasteiger charge is 2.13. The Kier molecular flexibility index (Phi) is 4.20. The normalized spacial score (nSPS) is 9.56. The smallest absolute Gasteiger partial charge is 0.310 e. The molecule has 16 heavy (non-hydrogen) atoms. The van der Waals surface area contributed by atoms with Crippen molar-refractivity contribution in [3.05, 3.63) is 23.3 Å². The molecule has 0 aliphatic rings. The highest BCUT2D eigenvalue weighted by Crippen LogP contribution is 2.28. The van der Waals surface area contributed by atoms with E-state index in [0.717, 1.165) is 0 Å². The molecule has 0 fully saturated rings. The van der Waals surface area contributed by atoms with Gasteiger partial charge in [0.2, 0.25) is 0 Å². The van der Waals surface area contributed by atoms with Gasteiger partial charge in [0, 0.05) is 10.5 Å². The Morgan fingerprint density at radius 2 is 2.31 bits per heavy atom. The van der Waals surface area contributed by atoms with Crippen LogP contribution in [0.5, 0.6) is 5.75 Å². The number of phenols is 1. The zero-order valence-corrected chi connectivity index (χ0v) is 9.62. The molecule has 0 aliphatic carbocycles. The van der Waals surface area contributed by atoms with Crippen molar-refractivity contribution in [3.63, 3.8) is 0 Å². The van der Waals surface area contributed by atoms with E-state index in [9.17, 15) is 9.90 Å². The van der Waals surface area contributed by atoms with Gasteiger partial charge in [-0.1, -0.05) is 6.07 Å². The number of thiol groups is 1. The lowest BCUT2D eigenvalue weighted by atomic mass is 10.1. The van der Waals surface area contributed by atoms with E-state index in [0.29, 0.717) is 10.5 Å². The average Bonchev–Trinajstić information content (AvgIpc) is 2.23. The molecule has 0 spiro atoms. The predicted molar refractivity (Wildman–Crippen MR) is 60.4 cm³/mol. The predicted octanol–water partition coefficient (Wildman–Crippen LogP) is 1.66. The van der Waals surface area contributed by atoms with Crippen LogP contribution in [-0.2, 0) is 16.0 Å². The van der Waals surface area contributed by atoms with Gasteiger partial charge < -0.3 is 9.84 Å². The summed E-state index contributed by atoms with van der Waals surface area (Å²) in [6.07, 6.45) is -0.0532. The van der Waals surface area contributed by atoms with Gasteiger partial charge in [0.15, 0.2) is 0 Å². The molecule has 1 aromatic carbocycles. The maximum Gasteiger partial charge on any atom is 0.310 e. The maximum atomic E-state index is 11.2. The topological polar surface area (TPSA) is 70.3 Å². The van der Waals surface area contributed by atoms with Crippen molar-refractivity contribution in [2.75, 3.05) is 6.61 Å². The number of ether oxygens (including phenoxy) is 1. The van der Waals surface area contributed by atoms with Crippen LogP contribution in [0.3, 0.4) is 0 Å². The Labute approximate surface area is 98.9 Å². The van der Waals surface area contributed by atoms with Crippen molar-refractivity contribution in [2.45, 2.75) is 18.2 Å². The van der Waals surface area contributed by atoms with Crippen LogP contribution in [0.25, 0.3) is 0 Å². The van der Waals surface area contributed by atoms with Crippen LogP contribution in [0.15, 0.2) is 17.0 Å². The molecular formula is C11H11NO3S. The standard InChI is InChI=1S/C11H11NO3S/c1-2-15-10(13)5-7-3-4-9(16)8(6-12)11(7)14/h3-4,14,16H,2,5H2,1H3. The molecule has 0 atom stereocenters. The number of phenolic OH excluding ortho intramolecular Hbond substituents is 1. The van der Waals surface area contributed by atoms with Crippen molar-refractivity contribution in [2.24, 2.45) is 0 Å². The van der Waals surface area contributed by atoms with Crippen LogP contribution in [0.1, 0.15) is 18.1 Å². The van der Waals surface area contributed by atoms with E-state index in [1.54, 1.807) is 19.1 Å². The molecule has 0 radical (unpaired) electrons. The third kappa shape index (κ3) is 2.67. The van der Waals surface area contributed by atoms with Gasteiger partial charge in [-0.2, -0.15) is 5.26 Å². The van der Waals surface area contributed by atoms with Gasteiger partial charge in [-0.15, -0.1) is 12.6 Å². The summed E-state index contributed by atoms with van der Waals surface area (Å²) >= 11 is 4.03. The molecule has 0 aliphatic heterocycles. The van der Waals surface area contributed by atoms with Crippen molar-refractivity contribution in [3.8, 4) is 11.8 Å². The SMILES string of the molecule is CCOC(=O)Cc1ccc(S)c(C#N)c1O. The molecule has 5 heteroatoms.